The first-order valence-electron chi connectivity index (χ1n) is 8.81. The Morgan fingerprint density at radius 1 is 1.07 bits per heavy atom. The number of aromatic nitrogens is 2. The summed E-state index contributed by atoms with van der Waals surface area (Å²) in [5.41, 5.74) is 3.12. The Balaban J connectivity index is 1.42. The normalized spacial score (nSPS) is 12.3. The van der Waals surface area contributed by atoms with Gasteiger partial charge in [-0.3, -0.25) is 0 Å². The highest BCUT2D eigenvalue weighted by Crippen LogP contribution is 2.37. The number of anilines is 1. The molecule has 0 saturated carbocycles. The summed E-state index contributed by atoms with van der Waals surface area (Å²) in [6, 6.07) is 16.1. The Hall–Kier alpha value is -3.32. The number of ether oxygens (including phenoxy) is 3. The molecule has 7 heteroatoms. The Kier molecular flexibility index (Phi) is 4.21. The van der Waals surface area contributed by atoms with Crippen molar-refractivity contribution in [3.63, 3.8) is 0 Å². The standard InChI is InChI=1S/C21H17N3O3S/c1-25-15-4-2-3-14(8-15)19-9-16-20(28-19)21(24-11-23-16)22-10-13-5-6-17-18(7-13)27-12-26-17/h2-9,11H,10,12H2,1H3,(H,22,23,24). The zero-order chi connectivity index (χ0) is 18.9. The van der Waals surface area contributed by atoms with Gasteiger partial charge in [-0.05, 0) is 41.5 Å². The molecule has 0 saturated heterocycles. The summed E-state index contributed by atoms with van der Waals surface area (Å²) in [4.78, 5) is 9.99. The highest BCUT2D eigenvalue weighted by atomic mass is 32.1. The van der Waals surface area contributed by atoms with E-state index in [2.05, 4.69) is 27.4 Å². The van der Waals surface area contributed by atoms with E-state index in [-0.39, 0.29) is 6.79 Å². The monoisotopic (exact) mass is 391 g/mol. The van der Waals surface area contributed by atoms with Crippen LogP contribution in [0.2, 0.25) is 0 Å². The number of fused-ring (bicyclic) bond motifs is 2. The number of methoxy groups -OCH3 is 1. The number of rotatable bonds is 5. The minimum atomic E-state index is 0.279. The van der Waals surface area contributed by atoms with Crippen molar-refractivity contribution in [1.82, 2.24) is 9.97 Å². The number of hydrogen-bond donors (Lipinski definition) is 1. The van der Waals surface area contributed by atoms with Gasteiger partial charge in [-0.2, -0.15) is 0 Å². The van der Waals surface area contributed by atoms with Crippen LogP contribution < -0.4 is 19.5 Å². The van der Waals surface area contributed by atoms with E-state index >= 15 is 0 Å². The van der Waals surface area contributed by atoms with Crippen LogP contribution in [0.25, 0.3) is 20.7 Å². The van der Waals surface area contributed by atoms with Gasteiger partial charge in [0.2, 0.25) is 6.79 Å². The highest BCUT2D eigenvalue weighted by Gasteiger charge is 2.14. The van der Waals surface area contributed by atoms with Crippen LogP contribution >= 0.6 is 11.3 Å². The Morgan fingerprint density at radius 3 is 2.93 bits per heavy atom. The van der Waals surface area contributed by atoms with Crippen LogP contribution in [0.5, 0.6) is 17.2 Å². The van der Waals surface area contributed by atoms with E-state index in [1.807, 2.05) is 36.4 Å². The Morgan fingerprint density at radius 2 is 2.00 bits per heavy atom. The summed E-state index contributed by atoms with van der Waals surface area (Å²) in [6.07, 6.45) is 1.59. The van der Waals surface area contributed by atoms with Crippen molar-refractivity contribution in [3.05, 3.63) is 60.4 Å². The largest absolute Gasteiger partial charge is 0.497 e. The first-order valence-corrected chi connectivity index (χ1v) is 9.63. The van der Waals surface area contributed by atoms with E-state index in [0.29, 0.717) is 6.54 Å². The molecule has 0 radical (unpaired) electrons. The third-order valence-corrected chi connectivity index (χ3v) is 5.74. The number of benzene rings is 2. The Labute approximate surface area is 165 Å². The zero-order valence-electron chi connectivity index (χ0n) is 15.1. The van der Waals surface area contributed by atoms with Crippen LogP contribution in [0.3, 0.4) is 0 Å². The fraction of sp³-hybridized carbons (Fsp3) is 0.143. The smallest absolute Gasteiger partial charge is 0.231 e. The third kappa shape index (κ3) is 3.10. The van der Waals surface area contributed by atoms with E-state index in [0.717, 1.165) is 49.3 Å². The molecule has 0 bridgehead atoms. The van der Waals surface area contributed by atoms with Crippen molar-refractivity contribution in [1.29, 1.82) is 0 Å². The lowest BCUT2D eigenvalue weighted by atomic mass is 10.2. The molecule has 1 aliphatic rings. The van der Waals surface area contributed by atoms with Crippen LogP contribution in [0.4, 0.5) is 5.82 Å². The van der Waals surface area contributed by atoms with Crippen LogP contribution in [-0.4, -0.2) is 23.9 Å². The molecule has 1 aliphatic heterocycles. The van der Waals surface area contributed by atoms with Gasteiger partial charge in [0, 0.05) is 11.4 Å². The molecule has 1 N–H and O–H groups in total. The summed E-state index contributed by atoms with van der Waals surface area (Å²) < 4.78 is 17.2. The van der Waals surface area contributed by atoms with Crippen molar-refractivity contribution >= 4 is 27.4 Å². The van der Waals surface area contributed by atoms with Crippen LogP contribution in [0, 0.1) is 0 Å². The van der Waals surface area contributed by atoms with Gasteiger partial charge >= 0.3 is 0 Å². The highest BCUT2D eigenvalue weighted by molar-refractivity contribution is 7.22. The molecule has 0 atom stereocenters. The molecule has 140 valence electrons. The molecule has 0 spiro atoms. The molecule has 28 heavy (non-hydrogen) atoms. The van der Waals surface area contributed by atoms with E-state index in [9.17, 15) is 0 Å². The molecular weight excluding hydrogens is 374 g/mol. The van der Waals surface area contributed by atoms with Gasteiger partial charge in [-0.15, -0.1) is 11.3 Å². The topological polar surface area (TPSA) is 65.5 Å². The Bertz CT molecular complexity index is 1160. The minimum Gasteiger partial charge on any atom is -0.497 e. The second kappa shape index (κ2) is 7.01. The average Bonchev–Trinajstić information content (AvgIpc) is 3.39. The van der Waals surface area contributed by atoms with Gasteiger partial charge < -0.3 is 19.5 Å². The van der Waals surface area contributed by atoms with Crippen molar-refractivity contribution in [2.45, 2.75) is 6.54 Å². The maximum absolute atomic E-state index is 5.45. The van der Waals surface area contributed by atoms with Crippen molar-refractivity contribution in [3.8, 4) is 27.7 Å². The van der Waals surface area contributed by atoms with Gasteiger partial charge in [-0.1, -0.05) is 18.2 Å². The molecule has 6 nitrogen and oxygen atoms in total. The lowest BCUT2D eigenvalue weighted by Crippen LogP contribution is -2.01. The fourth-order valence-corrected chi connectivity index (χ4v) is 4.21. The molecule has 0 unspecified atom stereocenters. The molecule has 4 aromatic rings. The van der Waals surface area contributed by atoms with Crippen LogP contribution in [0.1, 0.15) is 5.56 Å². The first kappa shape index (κ1) is 16.8. The molecule has 3 heterocycles. The van der Waals surface area contributed by atoms with Gasteiger partial charge in [0.25, 0.3) is 0 Å². The molecule has 0 fully saturated rings. The van der Waals surface area contributed by atoms with E-state index in [4.69, 9.17) is 14.2 Å². The maximum Gasteiger partial charge on any atom is 0.231 e. The maximum atomic E-state index is 5.45. The molecule has 5 rings (SSSR count). The van der Waals surface area contributed by atoms with Gasteiger partial charge in [0.1, 0.15) is 17.9 Å². The molecule has 0 amide bonds. The van der Waals surface area contributed by atoms with Gasteiger partial charge in [0.05, 0.1) is 17.3 Å². The number of hydrogen-bond acceptors (Lipinski definition) is 7. The quantitative estimate of drug-likeness (QED) is 0.532. The molecule has 2 aromatic heterocycles. The molecule has 2 aromatic carbocycles. The molecular formula is C21H17N3O3S. The third-order valence-electron chi connectivity index (χ3n) is 4.56. The fourth-order valence-electron chi connectivity index (χ4n) is 3.14. The lowest BCUT2D eigenvalue weighted by Gasteiger charge is -2.07. The van der Waals surface area contributed by atoms with E-state index < -0.39 is 0 Å². The lowest BCUT2D eigenvalue weighted by molar-refractivity contribution is 0.174. The SMILES string of the molecule is COc1cccc(-c2cc3ncnc(NCc4ccc5c(c4)OCO5)c3s2)c1. The zero-order valence-corrected chi connectivity index (χ0v) is 16.0. The summed E-state index contributed by atoms with van der Waals surface area (Å²) in [5, 5.41) is 3.42. The second-order valence-corrected chi connectivity index (χ2v) is 7.37. The second-order valence-electron chi connectivity index (χ2n) is 6.32. The first-order chi connectivity index (χ1) is 13.8. The van der Waals surface area contributed by atoms with Crippen LogP contribution in [0.15, 0.2) is 54.9 Å². The number of nitrogens with zero attached hydrogens (tertiary/aromatic N) is 2. The van der Waals surface area contributed by atoms with Gasteiger partial charge in [-0.25, -0.2) is 9.97 Å². The summed E-state index contributed by atoms with van der Waals surface area (Å²) in [6.45, 7) is 0.913. The number of nitrogens with one attached hydrogen (secondary N) is 1. The van der Waals surface area contributed by atoms with Crippen molar-refractivity contribution < 1.29 is 14.2 Å². The van der Waals surface area contributed by atoms with E-state index in [1.54, 1.807) is 24.8 Å². The predicted octanol–water partition coefficient (Wildman–Crippen LogP) is 4.71. The summed E-state index contributed by atoms with van der Waals surface area (Å²) in [5.74, 6) is 3.22. The molecule has 0 aliphatic carbocycles. The summed E-state index contributed by atoms with van der Waals surface area (Å²) in [7, 11) is 1.67. The van der Waals surface area contributed by atoms with Crippen molar-refractivity contribution in [2.24, 2.45) is 0 Å². The van der Waals surface area contributed by atoms with Gasteiger partial charge in [0.15, 0.2) is 11.5 Å². The average molecular weight is 391 g/mol. The number of thiophene rings is 1. The van der Waals surface area contributed by atoms with Crippen LogP contribution in [-0.2, 0) is 6.54 Å². The minimum absolute atomic E-state index is 0.279. The predicted molar refractivity (Wildman–Crippen MR) is 109 cm³/mol. The van der Waals surface area contributed by atoms with E-state index in [1.165, 1.54) is 0 Å². The summed E-state index contributed by atoms with van der Waals surface area (Å²) >= 11 is 1.66. The van der Waals surface area contributed by atoms with Crippen molar-refractivity contribution in [2.75, 3.05) is 19.2 Å².